The maximum atomic E-state index is 12.1. The van der Waals surface area contributed by atoms with Gasteiger partial charge in [0.1, 0.15) is 18.9 Å². The summed E-state index contributed by atoms with van der Waals surface area (Å²) in [6, 6.07) is -0.618. The molecule has 1 fully saturated rings. The first-order chi connectivity index (χ1) is 16.0. The Morgan fingerprint density at radius 2 is 2.00 bits per heavy atom. The minimum Gasteiger partial charge on any atom is -0.463 e. The number of aromatic amines is 1. The number of rotatable bonds is 15. The van der Waals surface area contributed by atoms with Crippen molar-refractivity contribution in [1.29, 1.82) is 0 Å². The summed E-state index contributed by atoms with van der Waals surface area (Å²) in [5.41, 5.74) is 8.08. The van der Waals surface area contributed by atoms with Gasteiger partial charge in [-0.2, -0.15) is 0 Å². The van der Waals surface area contributed by atoms with Gasteiger partial charge in [-0.3, -0.25) is 19.1 Å². The van der Waals surface area contributed by atoms with Gasteiger partial charge < -0.3 is 14.2 Å². The summed E-state index contributed by atoms with van der Waals surface area (Å²) in [5.74, 6) is 0.271. The predicted molar refractivity (Wildman–Crippen MR) is 122 cm³/mol. The van der Waals surface area contributed by atoms with Gasteiger partial charge in [0.25, 0.3) is 5.56 Å². The third-order valence-electron chi connectivity index (χ3n) is 5.39. The average molecular weight is 486 g/mol. The van der Waals surface area contributed by atoms with Crippen molar-refractivity contribution in [3.05, 3.63) is 43.0 Å². The fourth-order valence-electron chi connectivity index (χ4n) is 3.53. The predicted octanol–water partition coefficient (Wildman–Crippen LogP) is 3.34. The number of esters is 1. The van der Waals surface area contributed by atoms with Gasteiger partial charge in [-0.1, -0.05) is 30.8 Å². The van der Waals surface area contributed by atoms with Crippen LogP contribution in [0, 0.1) is 6.92 Å². The summed E-state index contributed by atoms with van der Waals surface area (Å²) in [5, 5.41) is 3.70. The first-order valence-corrected chi connectivity index (χ1v) is 11.8. The van der Waals surface area contributed by atoms with Crippen LogP contribution >= 0.6 is 11.6 Å². The summed E-state index contributed by atoms with van der Waals surface area (Å²) in [4.78, 5) is 40.7. The number of azide groups is 1. The monoisotopic (exact) mass is 485 g/mol. The fourth-order valence-corrected chi connectivity index (χ4v) is 3.72. The van der Waals surface area contributed by atoms with Crippen molar-refractivity contribution >= 4 is 17.6 Å². The van der Waals surface area contributed by atoms with Crippen LogP contribution in [0.1, 0.15) is 63.2 Å². The third-order valence-corrected chi connectivity index (χ3v) is 5.66. The lowest BCUT2D eigenvalue weighted by molar-refractivity contribution is -0.149. The molecule has 0 saturated carbocycles. The molecule has 11 nitrogen and oxygen atoms in total. The lowest BCUT2D eigenvalue weighted by Gasteiger charge is -2.17. The van der Waals surface area contributed by atoms with Crippen LogP contribution in [0.4, 0.5) is 0 Å². The maximum absolute atomic E-state index is 12.1. The molecule has 1 aliphatic heterocycles. The molecular weight excluding hydrogens is 454 g/mol. The molecule has 1 aliphatic rings. The lowest BCUT2D eigenvalue weighted by atomic mass is 10.1. The second-order valence-electron chi connectivity index (χ2n) is 7.97. The number of hydrogen-bond donors (Lipinski definition) is 1. The number of nitrogens with one attached hydrogen (secondary N) is 1. The van der Waals surface area contributed by atoms with E-state index in [1.807, 2.05) is 0 Å². The zero-order valence-corrected chi connectivity index (χ0v) is 19.7. The second-order valence-corrected chi connectivity index (χ2v) is 8.35. The number of H-pyrrole nitrogens is 1. The number of halogens is 1. The molecule has 33 heavy (non-hydrogen) atoms. The zero-order chi connectivity index (χ0) is 24.1. The summed E-state index contributed by atoms with van der Waals surface area (Å²) in [6.07, 6.45) is 6.85. The van der Waals surface area contributed by atoms with Gasteiger partial charge in [0.15, 0.2) is 0 Å². The van der Waals surface area contributed by atoms with Crippen LogP contribution in [0.25, 0.3) is 10.4 Å². The van der Waals surface area contributed by atoms with Crippen LogP contribution in [0.5, 0.6) is 0 Å². The Kier molecular flexibility index (Phi) is 12.0. The molecule has 0 aromatic carbocycles. The van der Waals surface area contributed by atoms with E-state index in [9.17, 15) is 14.4 Å². The number of ether oxygens (including phenoxy) is 3. The Bertz CT molecular complexity index is 913. The van der Waals surface area contributed by atoms with Gasteiger partial charge >= 0.3 is 11.7 Å². The van der Waals surface area contributed by atoms with Gasteiger partial charge in [-0.05, 0) is 25.3 Å². The largest absolute Gasteiger partial charge is 0.463 e. The Hall–Kier alpha value is -2.33. The number of carbonyl (C=O) groups excluding carboxylic acids is 1. The molecule has 0 bridgehead atoms. The van der Waals surface area contributed by atoms with Gasteiger partial charge in [-0.15, -0.1) is 11.6 Å². The third kappa shape index (κ3) is 9.21. The van der Waals surface area contributed by atoms with Gasteiger partial charge in [-0.25, -0.2) is 4.79 Å². The molecule has 1 aromatic rings. The number of aryl methyl sites for hydroxylation is 1. The highest BCUT2D eigenvalue weighted by molar-refractivity contribution is 6.17. The van der Waals surface area contributed by atoms with Crippen molar-refractivity contribution in [3.8, 4) is 0 Å². The minimum absolute atomic E-state index is 0.108. The highest BCUT2D eigenvalue weighted by Crippen LogP contribution is 2.30. The summed E-state index contributed by atoms with van der Waals surface area (Å²) in [7, 11) is 0. The highest BCUT2D eigenvalue weighted by atomic mass is 35.5. The number of unbranched alkanes of at least 4 members (excludes halogenated alkanes) is 5. The van der Waals surface area contributed by atoms with Crippen LogP contribution in [0.15, 0.2) is 20.9 Å². The van der Waals surface area contributed by atoms with E-state index >= 15 is 0 Å². The maximum Gasteiger partial charge on any atom is 0.330 e. The zero-order valence-electron chi connectivity index (χ0n) is 18.9. The smallest absolute Gasteiger partial charge is 0.330 e. The molecule has 0 unspecified atom stereocenters. The van der Waals surface area contributed by atoms with Gasteiger partial charge in [0.05, 0.1) is 19.1 Å². The van der Waals surface area contributed by atoms with E-state index in [1.54, 1.807) is 6.92 Å². The molecule has 0 aliphatic carbocycles. The van der Waals surface area contributed by atoms with Gasteiger partial charge in [0, 0.05) is 35.6 Å². The molecular formula is C21H32ClN5O6. The van der Waals surface area contributed by atoms with E-state index in [1.165, 1.54) is 17.2 Å². The van der Waals surface area contributed by atoms with Gasteiger partial charge in [0.2, 0.25) is 0 Å². The first kappa shape index (κ1) is 26.9. The van der Waals surface area contributed by atoms with Crippen molar-refractivity contribution in [2.24, 2.45) is 5.11 Å². The van der Waals surface area contributed by atoms with E-state index in [2.05, 4.69) is 15.0 Å². The van der Waals surface area contributed by atoms with Crippen molar-refractivity contribution in [1.82, 2.24) is 9.55 Å². The van der Waals surface area contributed by atoms with Crippen LogP contribution in [-0.2, 0) is 19.0 Å². The summed E-state index contributed by atoms with van der Waals surface area (Å²) in [6.45, 7) is 2.32. The van der Waals surface area contributed by atoms with E-state index < -0.39 is 35.6 Å². The number of aromatic nitrogens is 2. The Balaban J connectivity index is 1.71. The quantitative estimate of drug-likeness (QED) is 0.100. The molecule has 12 heteroatoms. The van der Waals surface area contributed by atoms with E-state index in [-0.39, 0.29) is 26.1 Å². The van der Waals surface area contributed by atoms with Crippen LogP contribution in [-0.4, -0.2) is 53.4 Å². The summed E-state index contributed by atoms with van der Waals surface area (Å²) >= 11 is 5.65. The number of alkyl halides is 1. The van der Waals surface area contributed by atoms with E-state index in [0.29, 0.717) is 18.1 Å². The lowest BCUT2D eigenvalue weighted by Crippen LogP contribution is -2.33. The van der Waals surface area contributed by atoms with Crippen LogP contribution in [0.2, 0.25) is 0 Å². The van der Waals surface area contributed by atoms with E-state index in [0.717, 1.165) is 32.1 Å². The molecule has 0 amide bonds. The molecule has 0 radical (unpaired) electrons. The SMILES string of the molecule is Cc1cn([C@H]2C[C@H](N=[N+]=[N-])[C@@H](COC(=O)CCOCCCCCCCCCl)O2)c(=O)[nH]c1=O. The Morgan fingerprint density at radius 1 is 1.27 bits per heavy atom. The Morgan fingerprint density at radius 3 is 2.73 bits per heavy atom. The van der Waals surface area contributed by atoms with Crippen LogP contribution < -0.4 is 11.2 Å². The number of hydrogen-bond acceptors (Lipinski definition) is 7. The molecule has 0 spiro atoms. The van der Waals surface area contributed by atoms with Crippen LogP contribution in [0.3, 0.4) is 0 Å². The molecule has 2 heterocycles. The first-order valence-electron chi connectivity index (χ1n) is 11.3. The fraction of sp³-hybridized carbons (Fsp3) is 0.762. The molecule has 3 atom stereocenters. The minimum atomic E-state index is -0.745. The topological polar surface area (TPSA) is 148 Å². The second kappa shape index (κ2) is 14.7. The molecule has 2 rings (SSSR count). The number of carbonyl (C=O) groups is 1. The molecule has 1 N–H and O–H groups in total. The molecule has 1 saturated heterocycles. The summed E-state index contributed by atoms with van der Waals surface area (Å²) < 4.78 is 17.8. The normalized spacial score (nSPS) is 19.9. The van der Waals surface area contributed by atoms with Crippen molar-refractivity contribution < 1.29 is 19.0 Å². The molecule has 1 aromatic heterocycles. The standard InChI is InChI=1S/C21H32ClN5O6/c1-15-13-27(21(30)24-20(15)29)18-12-16(25-26-23)17(33-18)14-32-19(28)8-11-31-10-7-5-3-2-4-6-9-22/h13,16-18H,2-12,14H2,1H3,(H,24,29,30)/t16-,17+,18+/m0/s1. The molecule has 184 valence electrons. The van der Waals surface area contributed by atoms with Crippen molar-refractivity contribution in [2.75, 3.05) is 25.7 Å². The number of nitrogens with zero attached hydrogens (tertiary/aromatic N) is 4. The van der Waals surface area contributed by atoms with Crippen molar-refractivity contribution in [2.45, 2.75) is 76.7 Å². The Labute approximate surface area is 197 Å². The highest BCUT2D eigenvalue weighted by Gasteiger charge is 2.37. The average Bonchev–Trinajstić information content (AvgIpc) is 3.18. The van der Waals surface area contributed by atoms with Crippen molar-refractivity contribution in [3.63, 3.8) is 0 Å². The van der Waals surface area contributed by atoms with E-state index in [4.69, 9.17) is 31.3 Å².